The number of esters is 1. The molecule has 0 bridgehead atoms. The third-order valence-electron chi connectivity index (χ3n) is 2.89. The van der Waals surface area contributed by atoms with E-state index >= 15 is 0 Å². The van der Waals surface area contributed by atoms with Crippen LogP contribution in [0.15, 0.2) is 34.7 Å². The van der Waals surface area contributed by atoms with Gasteiger partial charge in [0, 0.05) is 5.69 Å². The number of furan rings is 1. The fourth-order valence-corrected chi connectivity index (χ4v) is 1.87. The highest BCUT2D eigenvalue weighted by atomic mass is 16.5. The highest BCUT2D eigenvalue weighted by Gasteiger charge is 2.16. The molecule has 0 unspecified atom stereocenters. The monoisotopic (exact) mass is 298 g/mol. The number of carbonyl (C=O) groups excluding carboxylic acids is 2. The van der Waals surface area contributed by atoms with Gasteiger partial charge in [0.1, 0.15) is 17.1 Å². The first-order chi connectivity index (χ1) is 10.5. The number of hydrogen-bond donors (Lipinski definition) is 1. The van der Waals surface area contributed by atoms with Crippen LogP contribution in [-0.2, 0) is 9.53 Å². The first-order valence-corrected chi connectivity index (χ1v) is 6.54. The quantitative estimate of drug-likeness (QED) is 0.876. The average molecular weight is 298 g/mol. The van der Waals surface area contributed by atoms with Crippen LogP contribution in [0.3, 0.4) is 0 Å². The molecule has 0 aliphatic carbocycles. The zero-order chi connectivity index (χ0) is 16.1. The Hall–Kier alpha value is -3.07. The molecular formula is C16H14N2O4. The van der Waals surface area contributed by atoms with Gasteiger partial charge >= 0.3 is 5.97 Å². The molecule has 1 N–H and O–H groups in total. The van der Waals surface area contributed by atoms with Crippen LogP contribution in [0.4, 0.5) is 5.69 Å². The number of hydrogen-bond acceptors (Lipinski definition) is 5. The fraction of sp³-hybridized carbons (Fsp3) is 0.188. The van der Waals surface area contributed by atoms with E-state index in [-0.39, 0.29) is 0 Å². The van der Waals surface area contributed by atoms with E-state index in [9.17, 15) is 9.59 Å². The SMILES string of the molecule is Cc1cc(C(=O)OCC(=O)Nc2ccc(C#N)cc2)c(C)o1. The van der Waals surface area contributed by atoms with E-state index in [1.807, 2.05) is 6.07 Å². The van der Waals surface area contributed by atoms with Crippen LogP contribution < -0.4 is 5.32 Å². The second-order valence-corrected chi connectivity index (χ2v) is 4.64. The molecule has 2 aromatic rings. The number of rotatable bonds is 4. The Morgan fingerprint density at radius 2 is 1.95 bits per heavy atom. The Balaban J connectivity index is 1.88. The number of nitrogens with zero attached hydrogens (tertiary/aromatic N) is 1. The topological polar surface area (TPSA) is 92.3 Å². The second kappa shape index (κ2) is 6.59. The van der Waals surface area contributed by atoms with Gasteiger partial charge in [0.15, 0.2) is 6.61 Å². The van der Waals surface area contributed by atoms with Crippen molar-refractivity contribution in [3.63, 3.8) is 0 Å². The zero-order valence-electron chi connectivity index (χ0n) is 12.2. The summed E-state index contributed by atoms with van der Waals surface area (Å²) >= 11 is 0. The normalized spacial score (nSPS) is 9.86. The number of aryl methyl sites for hydroxylation is 2. The third-order valence-corrected chi connectivity index (χ3v) is 2.89. The fourth-order valence-electron chi connectivity index (χ4n) is 1.87. The van der Waals surface area contributed by atoms with Crippen LogP contribution in [0.1, 0.15) is 27.4 Å². The number of nitrogens with one attached hydrogen (secondary N) is 1. The van der Waals surface area contributed by atoms with E-state index in [2.05, 4.69) is 5.32 Å². The lowest BCUT2D eigenvalue weighted by atomic mass is 10.2. The maximum Gasteiger partial charge on any atom is 0.342 e. The summed E-state index contributed by atoms with van der Waals surface area (Å²) < 4.78 is 10.2. The molecule has 0 spiro atoms. The Labute approximate surface area is 127 Å². The van der Waals surface area contributed by atoms with Gasteiger partial charge in [0.2, 0.25) is 0 Å². The van der Waals surface area contributed by atoms with E-state index < -0.39 is 18.5 Å². The summed E-state index contributed by atoms with van der Waals surface area (Å²) in [6.45, 7) is 2.98. The van der Waals surface area contributed by atoms with Crippen molar-refractivity contribution >= 4 is 17.6 Å². The summed E-state index contributed by atoms with van der Waals surface area (Å²) in [5.74, 6) is -0.0123. The van der Waals surface area contributed by atoms with Gasteiger partial charge in [-0.2, -0.15) is 5.26 Å². The van der Waals surface area contributed by atoms with E-state index in [0.29, 0.717) is 28.3 Å². The minimum atomic E-state index is -0.607. The van der Waals surface area contributed by atoms with Gasteiger partial charge in [0.05, 0.1) is 11.6 Å². The van der Waals surface area contributed by atoms with E-state index in [0.717, 1.165) is 0 Å². The maximum atomic E-state index is 11.8. The number of nitriles is 1. The first-order valence-electron chi connectivity index (χ1n) is 6.54. The lowest BCUT2D eigenvalue weighted by molar-refractivity contribution is -0.119. The minimum absolute atomic E-state index is 0.309. The summed E-state index contributed by atoms with van der Waals surface area (Å²) in [5.41, 5.74) is 1.33. The van der Waals surface area contributed by atoms with Crippen LogP contribution >= 0.6 is 0 Å². The molecule has 1 aromatic carbocycles. The molecule has 2 rings (SSSR count). The van der Waals surface area contributed by atoms with Crippen LogP contribution in [-0.4, -0.2) is 18.5 Å². The molecular weight excluding hydrogens is 284 g/mol. The predicted molar refractivity (Wildman–Crippen MR) is 78.3 cm³/mol. The molecule has 1 amide bonds. The van der Waals surface area contributed by atoms with Crippen molar-refractivity contribution in [3.05, 3.63) is 53.0 Å². The van der Waals surface area contributed by atoms with Crippen molar-refractivity contribution in [2.75, 3.05) is 11.9 Å². The largest absolute Gasteiger partial charge is 0.466 e. The number of benzene rings is 1. The molecule has 6 nitrogen and oxygen atoms in total. The van der Waals surface area contributed by atoms with Crippen LogP contribution in [0.2, 0.25) is 0 Å². The summed E-state index contributed by atoms with van der Waals surface area (Å²) in [6.07, 6.45) is 0. The van der Waals surface area contributed by atoms with Gasteiger partial charge in [-0.1, -0.05) is 0 Å². The molecule has 112 valence electrons. The maximum absolute atomic E-state index is 11.8. The number of anilines is 1. The number of ether oxygens (including phenoxy) is 1. The molecule has 0 atom stereocenters. The van der Waals surface area contributed by atoms with Crippen LogP contribution in [0.25, 0.3) is 0 Å². The van der Waals surface area contributed by atoms with Crippen molar-refractivity contribution < 1.29 is 18.7 Å². The summed E-state index contributed by atoms with van der Waals surface area (Å²) in [4.78, 5) is 23.5. The van der Waals surface area contributed by atoms with Crippen LogP contribution in [0.5, 0.6) is 0 Å². The van der Waals surface area contributed by atoms with Gasteiger partial charge in [-0.05, 0) is 44.2 Å². The Bertz CT molecular complexity index is 738. The third kappa shape index (κ3) is 3.73. The number of amides is 1. The lowest BCUT2D eigenvalue weighted by Gasteiger charge is -2.06. The molecule has 0 saturated carbocycles. The highest BCUT2D eigenvalue weighted by Crippen LogP contribution is 2.15. The van der Waals surface area contributed by atoms with Gasteiger partial charge < -0.3 is 14.5 Å². The van der Waals surface area contributed by atoms with Crippen molar-refractivity contribution in [1.82, 2.24) is 0 Å². The smallest absolute Gasteiger partial charge is 0.342 e. The van der Waals surface area contributed by atoms with Gasteiger partial charge in [-0.15, -0.1) is 0 Å². The molecule has 22 heavy (non-hydrogen) atoms. The second-order valence-electron chi connectivity index (χ2n) is 4.64. The lowest BCUT2D eigenvalue weighted by Crippen LogP contribution is -2.21. The predicted octanol–water partition coefficient (Wildman–Crippen LogP) is 2.56. The van der Waals surface area contributed by atoms with E-state index in [4.69, 9.17) is 14.4 Å². The molecule has 0 aliphatic rings. The zero-order valence-corrected chi connectivity index (χ0v) is 12.2. The Kier molecular flexibility index (Phi) is 4.59. The van der Waals surface area contributed by atoms with Gasteiger partial charge in [0.25, 0.3) is 5.91 Å². The standard InChI is InChI=1S/C16H14N2O4/c1-10-7-14(11(2)22-10)16(20)21-9-15(19)18-13-5-3-12(8-17)4-6-13/h3-7H,9H2,1-2H3,(H,18,19). The summed E-state index contributed by atoms with van der Waals surface area (Å²) in [7, 11) is 0. The van der Waals surface area contributed by atoms with Gasteiger partial charge in [-0.25, -0.2) is 4.79 Å². The molecule has 0 aliphatic heterocycles. The molecule has 0 radical (unpaired) electrons. The summed E-state index contributed by atoms with van der Waals surface area (Å²) in [5, 5.41) is 11.3. The highest BCUT2D eigenvalue weighted by molar-refractivity contribution is 5.95. The molecule has 0 fully saturated rings. The Morgan fingerprint density at radius 1 is 1.27 bits per heavy atom. The van der Waals surface area contributed by atoms with Crippen molar-refractivity contribution in [3.8, 4) is 6.07 Å². The van der Waals surface area contributed by atoms with Gasteiger partial charge in [-0.3, -0.25) is 4.79 Å². The number of carbonyl (C=O) groups is 2. The molecule has 1 aromatic heterocycles. The van der Waals surface area contributed by atoms with E-state index in [1.54, 1.807) is 44.2 Å². The van der Waals surface area contributed by atoms with Crippen molar-refractivity contribution in [2.45, 2.75) is 13.8 Å². The van der Waals surface area contributed by atoms with Crippen molar-refractivity contribution in [2.24, 2.45) is 0 Å². The van der Waals surface area contributed by atoms with E-state index in [1.165, 1.54) is 0 Å². The minimum Gasteiger partial charge on any atom is -0.466 e. The summed E-state index contributed by atoms with van der Waals surface area (Å²) in [6, 6.07) is 9.91. The van der Waals surface area contributed by atoms with Crippen LogP contribution in [0, 0.1) is 25.2 Å². The molecule has 1 heterocycles. The molecule has 0 saturated heterocycles. The Morgan fingerprint density at radius 3 is 2.50 bits per heavy atom. The van der Waals surface area contributed by atoms with Crippen molar-refractivity contribution in [1.29, 1.82) is 5.26 Å². The first kappa shape index (κ1) is 15.3. The molecule has 6 heteroatoms. The average Bonchev–Trinajstić information content (AvgIpc) is 2.84.